The van der Waals surface area contributed by atoms with Crippen LogP contribution < -0.4 is 4.90 Å². The molecule has 5 nitrogen and oxygen atoms in total. The number of rotatable bonds is 4. The highest BCUT2D eigenvalue weighted by molar-refractivity contribution is 7.19. The van der Waals surface area contributed by atoms with Crippen molar-refractivity contribution < 1.29 is 5.11 Å². The maximum absolute atomic E-state index is 10.4. The number of aliphatic hydroxyl groups excluding tert-OH is 1. The zero-order chi connectivity index (χ0) is 20.7. The van der Waals surface area contributed by atoms with Crippen molar-refractivity contribution in [3.05, 3.63) is 59.6 Å². The Morgan fingerprint density at radius 3 is 2.63 bits per heavy atom. The van der Waals surface area contributed by atoms with Crippen LogP contribution in [-0.4, -0.2) is 38.7 Å². The number of hydrogen-bond acceptors (Lipinski definition) is 6. The van der Waals surface area contributed by atoms with Gasteiger partial charge in [-0.05, 0) is 44.4 Å². The average molecular weight is 417 g/mol. The quantitative estimate of drug-likeness (QED) is 0.503. The van der Waals surface area contributed by atoms with Gasteiger partial charge in [0.1, 0.15) is 16.3 Å². The van der Waals surface area contributed by atoms with Crippen molar-refractivity contribution in [3.63, 3.8) is 0 Å². The Morgan fingerprint density at radius 1 is 1.10 bits per heavy atom. The predicted molar refractivity (Wildman–Crippen MR) is 123 cm³/mol. The van der Waals surface area contributed by atoms with E-state index in [1.54, 1.807) is 17.5 Å². The normalized spacial score (nSPS) is 17.6. The van der Waals surface area contributed by atoms with Crippen LogP contribution in [0.15, 0.2) is 54.7 Å². The minimum Gasteiger partial charge on any atom is -0.391 e. The van der Waals surface area contributed by atoms with E-state index in [1.165, 1.54) is 16.0 Å². The molecule has 4 heterocycles. The lowest BCUT2D eigenvalue weighted by molar-refractivity contribution is 0.164. The van der Waals surface area contributed by atoms with Gasteiger partial charge in [0.25, 0.3) is 0 Å². The Hall–Kier alpha value is -2.83. The standard InChI is InChI=1S/C24H24N4OS/c1-15(29)19-12-8-14-28(19)23-21-20(17-9-4-3-5-10-17)16(2)30-24(21)27-22(26-23)18-11-6-7-13-25-18/h3-7,9-11,13,15,19,29H,8,12,14H2,1-2H3/t15?,19-/m0/s1. The highest BCUT2D eigenvalue weighted by Gasteiger charge is 2.32. The number of pyridine rings is 1. The second-order valence-corrected chi connectivity index (χ2v) is 9.01. The summed E-state index contributed by atoms with van der Waals surface area (Å²) in [6.45, 7) is 4.90. The lowest BCUT2D eigenvalue weighted by Gasteiger charge is -2.29. The lowest BCUT2D eigenvalue weighted by atomic mass is 10.0. The molecular weight excluding hydrogens is 392 g/mol. The van der Waals surface area contributed by atoms with Gasteiger partial charge in [0.2, 0.25) is 0 Å². The van der Waals surface area contributed by atoms with Crippen molar-refractivity contribution in [3.8, 4) is 22.6 Å². The third-order valence-electron chi connectivity index (χ3n) is 5.79. The average Bonchev–Trinajstić information content (AvgIpc) is 3.38. The molecule has 2 atom stereocenters. The van der Waals surface area contributed by atoms with Crippen LogP contribution in [0.25, 0.3) is 32.9 Å². The summed E-state index contributed by atoms with van der Waals surface area (Å²) in [6, 6.07) is 16.3. The van der Waals surface area contributed by atoms with Crippen LogP contribution in [0, 0.1) is 6.92 Å². The fourth-order valence-electron chi connectivity index (χ4n) is 4.42. The van der Waals surface area contributed by atoms with Gasteiger partial charge in [-0.15, -0.1) is 11.3 Å². The van der Waals surface area contributed by atoms with Gasteiger partial charge in [0, 0.05) is 23.2 Å². The molecule has 6 heteroatoms. The smallest absolute Gasteiger partial charge is 0.181 e. The van der Waals surface area contributed by atoms with Crippen LogP contribution in [-0.2, 0) is 0 Å². The van der Waals surface area contributed by atoms with Crippen LogP contribution in [0.1, 0.15) is 24.6 Å². The number of nitrogens with zero attached hydrogens (tertiary/aromatic N) is 4. The first kappa shape index (κ1) is 19.2. The number of thiophene rings is 1. The molecule has 1 unspecified atom stereocenters. The van der Waals surface area contributed by atoms with Gasteiger partial charge < -0.3 is 10.0 Å². The predicted octanol–water partition coefficient (Wildman–Crippen LogP) is 5.08. The summed E-state index contributed by atoms with van der Waals surface area (Å²) in [7, 11) is 0. The van der Waals surface area contributed by atoms with Gasteiger partial charge in [-0.25, -0.2) is 9.97 Å². The summed E-state index contributed by atoms with van der Waals surface area (Å²) in [5.74, 6) is 1.54. The van der Waals surface area contributed by atoms with Crippen molar-refractivity contribution in [2.45, 2.75) is 38.8 Å². The SMILES string of the molecule is Cc1sc2nc(-c3ccccn3)nc(N3CCC[C@H]3C(C)O)c2c1-c1ccccc1. The zero-order valence-corrected chi connectivity index (χ0v) is 17.9. The second kappa shape index (κ2) is 7.78. The summed E-state index contributed by atoms with van der Waals surface area (Å²) in [5.41, 5.74) is 3.12. The van der Waals surface area contributed by atoms with E-state index in [0.717, 1.165) is 41.1 Å². The molecular formula is C24H24N4OS. The first-order valence-corrected chi connectivity index (χ1v) is 11.2. The summed E-state index contributed by atoms with van der Waals surface area (Å²) in [5, 5.41) is 11.5. The number of fused-ring (bicyclic) bond motifs is 1. The molecule has 0 bridgehead atoms. The van der Waals surface area contributed by atoms with E-state index in [9.17, 15) is 5.11 Å². The summed E-state index contributed by atoms with van der Waals surface area (Å²) in [4.78, 5) is 18.9. The minimum absolute atomic E-state index is 0.0588. The number of anilines is 1. The van der Waals surface area contributed by atoms with E-state index in [4.69, 9.17) is 9.97 Å². The molecule has 0 radical (unpaired) electrons. The molecule has 1 N–H and O–H groups in total. The first-order chi connectivity index (χ1) is 14.6. The van der Waals surface area contributed by atoms with E-state index < -0.39 is 6.10 Å². The van der Waals surface area contributed by atoms with Crippen LogP contribution in [0.4, 0.5) is 5.82 Å². The third-order valence-corrected chi connectivity index (χ3v) is 6.79. The molecule has 30 heavy (non-hydrogen) atoms. The maximum Gasteiger partial charge on any atom is 0.181 e. The Bertz CT molecular complexity index is 1170. The van der Waals surface area contributed by atoms with Crippen LogP contribution >= 0.6 is 11.3 Å². The van der Waals surface area contributed by atoms with E-state index in [0.29, 0.717) is 5.82 Å². The molecule has 4 aromatic rings. The molecule has 1 fully saturated rings. The lowest BCUT2D eigenvalue weighted by Crippen LogP contribution is -2.38. The fourth-order valence-corrected chi connectivity index (χ4v) is 5.46. The van der Waals surface area contributed by atoms with Crippen molar-refractivity contribution in [2.75, 3.05) is 11.4 Å². The Kier molecular flexibility index (Phi) is 4.97. The Labute approximate surface area is 180 Å². The van der Waals surface area contributed by atoms with E-state index in [2.05, 4.69) is 41.1 Å². The summed E-state index contributed by atoms with van der Waals surface area (Å²) in [6.07, 6.45) is 3.36. The summed E-state index contributed by atoms with van der Waals surface area (Å²) < 4.78 is 0. The zero-order valence-electron chi connectivity index (χ0n) is 17.1. The van der Waals surface area contributed by atoms with Gasteiger partial charge in [-0.1, -0.05) is 36.4 Å². The van der Waals surface area contributed by atoms with Gasteiger partial charge in [-0.2, -0.15) is 0 Å². The van der Waals surface area contributed by atoms with Crippen LogP contribution in [0.5, 0.6) is 0 Å². The monoisotopic (exact) mass is 416 g/mol. The molecule has 1 aliphatic rings. The molecule has 1 aliphatic heterocycles. The number of aliphatic hydroxyl groups is 1. The fraction of sp³-hybridized carbons (Fsp3) is 0.292. The maximum atomic E-state index is 10.4. The summed E-state index contributed by atoms with van der Waals surface area (Å²) >= 11 is 1.70. The van der Waals surface area contributed by atoms with Gasteiger partial charge in [0.05, 0.1) is 17.5 Å². The Balaban J connectivity index is 1.79. The number of aryl methyl sites for hydroxylation is 1. The molecule has 0 saturated carbocycles. The third kappa shape index (κ3) is 3.26. The van der Waals surface area contributed by atoms with E-state index >= 15 is 0 Å². The van der Waals surface area contributed by atoms with Crippen molar-refractivity contribution in [1.82, 2.24) is 15.0 Å². The second-order valence-electron chi connectivity index (χ2n) is 7.81. The minimum atomic E-state index is -0.421. The molecule has 5 rings (SSSR count). The molecule has 3 aromatic heterocycles. The van der Waals surface area contributed by atoms with Gasteiger partial charge >= 0.3 is 0 Å². The highest BCUT2D eigenvalue weighted by Crippen LogP contribution is 2.44. The van der Waals surface area contributed by atoms with Crippen LogP contribution in [0.3, 0.4) is 0 Å². The molecule has 1 saturated heterocycles. The van der Waals surface area contributed by atoms with Crippen molar-refractivity contribution in [2.24, 2.45) is 0 Å². The van der Waals surface area contributed by atoms with Crippen molar-refractivity contribution >= 4 is 27.4 Å². The molecule has 0 spiro atoms. The van der Waals surface area contributed by atoms with Crippen LogP contribution in [0.2, 0.25) is 0 Å². The number of hydrogen-bond donors (Lipinski definition) is 1. The van der Waals surface area contributed by atoms with E-state index in [1.807, 2.05) is 31.2 Å². The largest absolute Gasteiger partial charge is 0.391 e. The first-order valence-electron chi connectivity index (χ1n) is 10.4. The number of benzene rings is 1. The molecule has 0 aliphatic carbocycles. The van der Waals surface area contributed by atoms with Gasteiger partial charge in [-0.3, -0.25) is 4.98 Å². The molecule has 1 aromatic carbocycles. The Morgan fingerprint density at radius 2 is 1.90 bits per heavy atom. The molecule has 152 valence electrons. The highest BCUT2D eigenvalue weighted by atomic mass is 32.1. The number of aromatic nitrogens is 3. The van der Waals surface area contributed by atoms with E-state index in [-0.39, 0.29) is 6.04 Å². The molecule has 0 amide bonds. The topological polar surface area (TPSA) is 62.1 Å². The van der Waals surface area contributed by atoms with Gasteiger partial charge in [0.15, 0.2) is 5.82 Å². The van der Waals surface area contributed by atoms with Crippen molar-refractivity contribution in [1.29, 1.82) is 0 Å².